The van der Waals surface area contributed by atoms with Gasteiger partial charge in [-0.05, 0) is 11.5 Å². The van der Waals surface area contributed by atoms with Crippen LogP contribution in [-0.2, 0) is 16.0 Å². The van der Waals surface area contributed by atoms with Gasteiger partial charge in [0.15, 0.2) is 0 Å². The van der Waals surface area contributed by atoms with Gasteiger partial charge in [0.25, 0.3) is 0 Å². The molecular formula is C12H10ClNO2. The zero-order valence-electron chi connectivity index (χ0n) is 8.74. The molecule has 82 valence electrons. The van der Waals surface area contributed by atoms with Crippen molar-refractivity contribution in [3.63, 3.8) is 0 Å². The smallest absolute Gasteiger partial charge is 0.311 e. The number of hydrogen-bond donors (Lipinski definition) is 0. The Morgan fingerprint density at radius 2 is 2.19 bits per heavy atom. The van der Waals surface area contributed by atoms with Gasteiger partial charge in [-0.15, -0.1) is 0 Å². The van der Waals surface area contributed by atoms with Crippen molar-refractivity contribution in [1.82, 2.24) is 4.98 Å². The summed E-state index contributed by atoms with van der Waals surface area (Å²) in [6.45, 7) is 0. The van der Waals surface area contributed by atoms with Crippen LogP contribution in [0.2, 0.25) is 5.15 Å². The first-order valence-electron chi connectivity index (χ1n) is 4.81. The fourth-order valence-electron chi connectivity index (χ4n) is 1.58. The van der Waals surface area contributed by atoms with Gasteiger partial charge in [-0.25, -0.2) is 4.98 Å². The SMILES string of the molecule is COC(=O)Cc1nc(Cl)cc2ccccc12. The van der Waals surface area contributed by atoms with Gasteiger partial charge < -0.3 is 4.74 Å². The first-order chi connectivity index (χ1) is 7.70. The molecule has 2 rings (SSSR count). The number of aromatic nitrogens is 1. The van der Waals surface area contributed by atoms with Gasteiger partial charge in [0, 0.05) is 5.39 Å². The van der Waals surface area contributed by atoms with Crippen molar-refractivity contribution in [1.29, 1.82) is 0 Å². The Morgan fingerprint density at radius 3 is 2.94 bits per heavy atom. The van der Waals surface area contributed by atoms with Crippen LogP contribution in [0.5, 0.6) is 0 Å². The summed E-state index contributed by atoms with van der Waals surface area (Å²) >= 11 is 5.89. The van der Waals surface area contributed by atoms with E-state index in [1.54, 1.807) is 6.07 Å². The van der Waals surface area contributed by atoms with Crippen LogP contribution in [0.25, 0.3) is 10.8 Å². The third-order valence-corrected chi connectivity index (χ3v) is 2.52. The Morgan fingerprint density at radius 1 is 1.44 bits per heavy atom. The molecule has 1 aromatic carbocycles. The number of pyridine rings is 1. The Labute approximate surface area is 98.0 Å². The number of fused-ring (bicyclic) bond motifs is 1. The highest BCUT2D eigenvalue weighted by atomic mass is 35.5. The largest absolute Gasteiger partial charge is 0.469 e. The molecule has 0 aliphatic heterocycles. The number of methoxy groups -OCH3 is 1. The standard InChI is InChI=1S/C12H10ClNO2/c1-16-12(15)7-10-9-5-3-2-4-8(9)6-11(13)14-10/h2-6H,7H2,1H3. The summed E-state index contributed by atoms with van der Waals surface area (Å²) in [4.78, 5) is 15.4. The molecular weight excluding hydrogens is 226 g/mol. The molecule has 3 nitrogen and oxygen atoms in total. The van der Waals surface area contributed by atoms with Crippen molar-refractivity contribution in [2.75, 3.05) is 7.11 Å². The van der Waals surface area contributed by atoms with Crippen molar-refractivity contribution >= 4 is 28.3 Å². The van der Waals surface area contributed by atoms with Crippen molar-refractivity contribution in [2.24, 2.45) is 0 Å². The third-order valence-electron chi connectivity index (χ3n) is 2.33. The molecule has 0 aliphatic rings. The molecule has 0 amide bonds. The normalized spacial score (nSPS) is 10.4. The number of nitrogens with zero attached hydrogens (tertiary/aromatic N) is 1. The molecule has 0 unspecified atom stereocenters. The second-order valence-electron chi connectivity index (χ2n) is 3.37. The highest BCUT2D eigenvalue weighted by Gasteiger charge is 2.09. The second-order valence-corrected chi connectivity index (χ2v) is 3.75. The summed E-state index contributed by atoms with van der Waals surface area (Å²) in [6.07, 6.45) is 0.136. The summed E-state index contributed by atoms with van der Waals surface area (Å²) < 4.78 is 4.62. The van der Waals surface area contributed by atoms with Crippen LogP contribution in [-0.4, -0.2) is 18.1 Å². The third kappa shape index (κ3) is 2.14. The molecule has 16 heavy (non-hydrogen) atoms. The summed E-state index contributed by atoms with van der Waals surface area (Å²) in [5.74, 6) is -0.320. The molecule has 1 heterocycles. The molecule has 0 saturated heterocycles. The van der Waals surface area contributed by atoms with Crippen LogP contribution in [0.3, 0.4) is 0 Å². The van der Waals surface area contributed by atoms with Crippen LogP contribution in [0, 0.1) is 0 Å². The summed E-state index contributed by atoms with van der Waals surface area (Å²) in [5.41, 5.74) is 0.648. The quantitative estimate of drug-likeness (QED) is 0.593. The molecule has 0 aliphatic carbocycles. The van der Waals surface area contributed by atoms with Crippen LogP contribution in [0.4, 0.5) is 0 Å². The van der Waals surface area contributed by atoms with E-state index >= 15 is 0 Å². The van der Waals surface area contributed by atoms with E-state index in [9.17, 15) is 4.79 Å². The van der Waals surface area contributed by atoms with E-state index in [1.165, 1.54) is 7.11 Å². The predicted octanol–water partition coefficient (Wildman–Crippen LogP) is 2.60. The zero-order chi connectivity index (χ0) is 11.5. The first kappa shape index (κ1) is 10.9. The van der Waals surface area contributed by atoms with Crippen LogP contribution in [0.1, 0.15) is 5.69 Å². The molecule has 1 aromatic heterocycles. The topological polar surface area (TPSA) is 39.2 Å². The average Bonchev–Trinajstić information content (AvgIpc) is 2.28. The Bertz CT molecular complexity index is 540. The molecule has 0 radical (unpaired) electrons. The number of carbonyl (C=O) groups excluding carboxylic acids is 1. The number of esters is 1. The number of benzene rings is 1. The van der Waals surface area contributed by atoms with Crippen molar-refractivity contribution in [3.05, 3.63) is 41.2 Å². The first-order valence-corrected chi connectivity index (χ1v) is 5.19. The molecule has 2 aromatic rings. The van der Waals surface area contributed by atoms with E-state index in [0.29, 0.717) is 10.8 Å². The number of hydrogen-bond acceptors (Lipinski definition) is 3. The summed E-state index contributed by atoms with van der Waals surface area (Å²) in [7, 11) is 1.36. The van der Waals surface area contributed by atoms with Gasteiger partial charge in [0.1, 0.15) is 5.15 Å². The van der Waals surface area contributed by atoms with Gasteiger partial charge in [-0.3, -0.25) is 4.79 Å². The van der Waals surface area contributed by atoms with Crippen molar-refractivity contribution < 1.29 is 9.53 Å². The van der Waals surface area contributed by atoms with E-state index < -0.39 is 0 Å². The molecule has 0 bridgehead atoms. The molecule has 0 saturated carbocycles. The Hall–Kier alpha value is -1.61. The maximum absolute atomic E-state index is 11.2. The lowest BCUT2D eigenvalue weighted by atomic mass is 10.1. The lowest BCUT2D eigenvalue weighted by Crippen LogP contribution is -2.06. The predicted molar refractivity (Wildman–Crippen MR) is 62.5 cm³/mol. The van der Waals surface area contributed by atoms with Crippen LogP contribution >= 0.6 is 11.6 Å². The minimum Gasteiger partial charge on any atom is -0.469 e. The van der Waals surface area contributed by atoms with Crippen LogP contribution in [0.15, 0.2) is 30.3 Å². The summed E-state index contributed by atoms with van der Waals surface area (Å²) in [5, 5.41) is 2.29. The lowest BCUT2D eigenvalue weighted by Gasteiger charge is -2.05. The van der Waals surface area contributed by atoms with E-state index in [4.69, 9.17) is 11.6 Å². The fraction of sp³-hybridized carbons (Fsp3) is 0.167. The number of carbonyl (C=O) groups is 1. The highest BCUT2D eigenvalue weighted by Crippen LogP contribution is 2.21. The zero-order valence-corrected chi connectivity index (χ0v) is 9.49. The van der Waals surface area contributed by atoms with Gasteiger partial charge in [0.05, 0.1) is 19.2 Å². The minimum atomic E-state index is -0.320. The highest BCUT2D eigenvalue weighted by molar-refractivity contribution is 6.30. The molecule has 0 atom stereocenters. The average molecular weight is 236 g/mol. The molecule has 0 fully saturated rings. The monoisotopic (exact) mass is 235 g/mol. The second kappa shape index (κ2) is 4.49. The van der Waals surface area contributed by atoms with E-state index in [-0.39, 0.29) is 12.4 Å². The van der Waals surface area contributed by atoms with E-state index in [1.807, 2.05) is 24.3 Å². The maximum atomic E-state index is 11.2. The van der Waals surface area contributed by atoms with Crippen molar-refractivity contribution in [2.45, 2.75) is 6.42 Å². The Balaban J connectivity index is 2.54. The van der Waals surface area contributed by atoms with E-state index in [0.717, 1.165) is 10.8 Å². The summed E-state index contributed by atoms with van der Waals surface area (Å²) in [6, 6.07) is 9.44. The van der Waals surface area contributed by atoms with Crippen LogP contribution < -0.4 is 0 Å². The Kier molecular flexibility index (Phi) is 3.06. The van der Waals surface area contributed by atoms with Gasteiger partial charge >= 0.3 is 5.97 Å². The molecule has 0 spiro atoms. The van der Waals surface area contributed by atoms with E-state index in [2.05, 4.69) is 9.72 Å². The number of rotatable bonds is 2. The van der Waals surface area contributed by atoms with Gasteiger partial charge in [-0.2, -0.15) is 0 Å². The van der Waals surface area contributed by atoms with Gasteiger partial charge in [0.2, 0.25) is 0 Å². The number of halogens is 1. The number of ether oxygens (including phenoxy) is 1. The minimum absolute atomic E-state index is 0.136. The lowest BCUT2D eigenvalue weighted by molar-refractivity contribution is -0.139. The van der Waals surface area contributed by atoms with Gasteiger partial charge in [-0.1, -0.05) is 35.9 Å². The van der Waals surface area contributed by atoms with Crippen molar-refractivity contribution in [3.8, 4) is 0 Å². The fourth-order valence-corrected chi connectivity index (χ4v) is 1.80. The molecule has 4 heteroatoms. The molecule has 0 N–H and O–H groups in total. The maximum Gasteiger partial charge on any atom is 0.311 e.